The molecule has 0 aliphatic carbocycles. The molecule has 4 nitrogen and oxygen atoms in total. The van der Waals surface area contributed by atoms with Crippen LogP contribution < -0.4 is 10.2 Å². The molecule has 18 heavy (non-hydrogen) atoms. The average molecular weight is 248 g/mol. The van der Waals surface area contributed by atoms with Crippen molar-refractivity contribution in [3.63, 3.8) is 0 Å². The Kier molecular flexibility index (Phi) is 4.17. The second-order valence-corrected chi connectivity index (χ2v) is 5.32. The Balaban J connectivity index is 2.01. The van der Waals surface area contributed by atoms with Gasteiger partial charge in [-0.2, -0.15) is 0 Å². The van der Waals surface area contributed by atoms with E-state index in [2.05, 4.69) is 33.2 Å². The fraction of sp³-hybridized carbons (Fsp3) is 0.714. The zero-order valence-electron chi connectivity index (χ0n) is 11.9. The Hall–Kier alpha value is -1.16. The topological polar surface area (TPSA) is 41.0 Å². The molecule has 1 saturated heterocycles. The average Bonchev–Trinajstić information content (AvgIpc) is 2.37. The van der Waals surface area contributed by atoms with Gasteiger partial charge >= 0.3 is 0 Å². The van der Waals surface area contributed by atoms with Gasteiger partial charge in [0.05, 0.1) is 0 Å². The lowest BCUT2D eigenvalue weighted by molar-refractivity contribution is 0.323. The van der Waals surface area contributed by atoms with Crippen LogP contribution >= 0.6 is 0 Å². The number of hydrogen-bond donors (Lipinski definition) is 1. The monoisotopic (exact) mass is 248 g/mol. The molecule has 4 heteroatoms. The Bertz CT molecular complexity index is 377. The molecule has 1 aliphatic heterocycles. The Labute approximate surface area is 110 Å². The second-order valence-electron chi connectivity index (χ2n) is 5.32. The summed E-state index contributed by atoms with van der Waals surface area (Å²) >= 11 is 0. The van der Waals surface area contributed by atoms with Gasteiger partial charge in [-0.1, -0.05) is 0 Å². The number of aryl methyl sites for hydroxylation is 2. The van der Waals surface area contributed by atoms with Gasteiger partial charge in [-0.05, 0) is 46.6 Å². The predicted octanol–water partition coefficient (Wildman–Crippen LogP) is 1.92. The van der Waals surface area contributed by atoms with E-state index in [-0.39, 0.29) is 0 Å². The third kappa shape index (κ3) is 2.99. The molecule has 1 N–H and O–H groups in total. The lowest BCUT2D eigenvalue weighted by Crippen LogP contribution is -2.41. The van der Waals surface area contributed by atoms with Crippen LogP contribution in [0.2, 0.25) is 0 Å². The molecule has 100 valence electrons. The van der Waals surface area contributed by atoms with E-state index in [0.717, 1.165) is 36.3 Å². The number of piperidine rings is 1. The number of rotatable bonds is 3. The fourth-order valence-corrected chi connectivity index (χ4v) is 2.72. The summed E-state index contributed by atoms with van der Waals surface area (Å²) in [5, 5.41) is 3.36. The van der Waals surface area contributed by atoms with Gasteiger partial charge in [0.15, 0.2) is 0 Å². The van der Waals surface area contributed by atoms with Gasteiger partial charge in [0.1, 0.15) is 11.6 Å². The van der Waals surface area contributed by atoms with E-state index in [0.29, 0.717) is 6.04 Å². The molecule has 0 aromatic carbocycles. The van der Waals surface area contributed by atoms with Crippen molar-refractivity contribution in [3.05, 3.63) is 17.6 Å². The van der Waals surface area contributed by atoms with Gasteiger partial charge < -0.3 is 10.2 Å². The van der Waals surface area contributed by atoms with E-state index in [1.54, 1.807) is 0 Å². The second kappa shape index (κ2) is 5.65. The van der Waals surface area contributed by atoms with E-state index in [9.17, 15) is 0 Å². The molecular formula is C14H24N4. The van der Waals surface area contributed by atoms with Crippen molar-refractivity contribution in [1.82, 2.24) is 15.3 Å². The zero-order chi connectivity index (χ0) is 13.1. The first-order valence-electron chi connectivity index (χ1n) is 6.84. The van der Waals surface area contributed by atoms with E-state index < -0.39 is 0 Å². The summed E-state index contributed by atoms with van der Waals surface area (Å²) in [7, 11) is 2.05. The summed E-state index contributed by atoms with van der Waals surface area (Å²) in [4.78, 5) is 11.3. The van der Waals surface area contributed by atoms with E-state index in [1.165, 1.54) is 12.8 Å². The standard InChI is InChI=1S/C14H24N4/c1-10-9-14(17-12(3)16-10)18-7-5-13(6-8-18)11(2)15-4/h9,11,13,15H,5-8H2,1-4H3. The molecule has 0 spiro atoms. The normalized spacial score (nSPS) is 19.0. The van der Waals surface area contributed by atoms with Crippen LogP contribution in [0.4, 0.5) is 5.82 Å². The van der Waals surface area contributed by atoms with E-state index in [4.69, 9.17) is 0 Å². The molecule has 0 bridgehead atoms. The molecule has 1 unspecified atom stereocenters. The summed E-state index contributed by atoms with van der Waals surface area (Å²) in [5.41, 5.74) is 1.06. The number of anilines is 1. The molecule has 1 fully saturated rings. The number of aromatic nitrogens is 2. The third-order valence-corrected chi connectivity index (χ3v) is 3.98. The van der Waals surface area contributed by atoms with Crippen LogP contribution in [0.3, 0.4) is 0 Å². The fourth-order valence-electron chi connectivity index (χ4n) is 2.72. The molecular weight excluding hydrogens is 224 g/mol. The van der Waals surface area contributed by atoms with Crippen molar-refractivity contribution in [2.24, 2.45) is 5.92 Å². The van der Waals surface area contributed by atoms with Gasteiger partial charge in [0, 0.05) is 30.9 Å². The largest absolute Gasteiger partial charge is 0.356 e. The molecule has 1 atom stereocenters. The SMILES string of the molecule is CNC(C)C1CCN(c2cc(C)nc(C)n2)CC1. The Morgan fingerprint density at radius 2 is 1.94 bits per heavy atom. The molecule has 0 radical (unpaired) electrons. The third-order valence-electron chi connectivity index (χ3n) is 3.98. The van der Waals surface area contributed by atoms with Crippen molar-refractivity contribution >= 4 is 5.82 Å². The summed E-state index contributed by atoms with van der Waals surface area (Å²) in [6, 6.07) is 2.70. The van der Waals surface area contributed by atoms with Gasteiger partial charge in [0.25, 0.3) is 0 Å². The molecule has 1 aliphatic rings. The van der Waals surface area contributed by atoms with Crippen LogP contribution in [0.1, 0.15) is 31.3 Å². The van der Waals surface area contributed by atoms with E-state index >= 15 is 0 Å². The smallest absolute Gasteiger partial charge is 0.132 e. The first kappa shape index (κ1) is 13.3. The molecule has 0 saturated carbocycles. The zero-order valence-corrected chi connectivity index (χ0v) is 11.9. The first-order chi connectivity index (χ1) is 8.60. The van der Waals surface area contributed by atoms with Crippen LogP contribution in [0.5, 0.6) is 0 Å². The highest BCUT2D eigenvalue weighted by atomic mass is 15.2. The first-order valence-corrected chi connectivity index (χ1v) is 6.84. The van der Waals surface area contributed by atoms with Gasteiger partial charge in [-0.25, -0.2) is 9.97 Å². The van der Waals surface area contributed by atoms with Crippen molar-refractivity contribution in [2.75, 3.05) is 25.0 Å². The van der Waals surface area contributed by atoms with Crippen LogP contribution in [0.15, 0.2) is 6.07 Å². The van der Waals surface area contributed by atoms with Crippen molar-refractivity contribution in [2.45, 2.75) is 39.7 Å². The van der Waals surface area contributed by atoms with Crippen LogP contribution in [-0.2, 0) is 0 Å². The summed E-state index contributed by atoms with van der Waals surface area (Å²) in [6.45, 7) is 8.48. The lowest BCUT2D eigenvalue weighted by atomic mass is 9.90. The van der Waals surface area contributed by atoms with Crippen LogP contribution in [-0.4, -0.2) is 36.1 Å². The summed E-state index contributed by atoms with van der Waals surface area (Å²) < 4.78 is 0. The van der Waals surface area contributed by atoms with E-state index in [1.807, 2.05) is 20.9 Å². The predicted molar refractivity (Wildman–Crippen MR) is 75.0 cm³/mol. The molecule has 2 rings (SSSR count). The van der Waals surface area contributed by atoms with Gasteiger partial charge in [0.2, 0.25) is 0 Å². The van der Waals surface area contributed by atoms with Crippen LogP contribution in [0.25, 0.3) is 0 Å². The molecule has 1 aromatic rings. The molecule has 0 amide bonds. The van der Waals surface area contributed by atoms with Crippen LogP contribution in [0, 0.1) is 19.8 Å². The Morgan fingerprint density at radius 1 is 1.28 bits per heavy atom. The number of hydrogen-bond acceptors (Lipinski definition) is 4. The number of nitrogens with one attached hydrogen (secondary N) is 1. The summed E-state index contributed by atoms with van der Waals surface area (Å²) in [5.74, 6) is 2.75. The minimum Gasteiger partial charge on any atom is -0.356 e. The van der Waals surface area contributed by atoms with Gasteiger partial charge in [-0.3, -0.25) is 0 Å². The molecule has 2 heterocycles. The maximum atomic E-state index is 4.55. The maximum Gasteiger partial charge on any atom is 0.132 e. The minimum atomic E-state index is 0.612. The van der Waals surface area contributed by atoms with Gasteiger partial charge in [-0.15, -0.1) is 0 Å². The maximum absolute atomic E-state index is 4.55. The number of nitrogens with zero attached hydrogens (tertiary/aromatic N) is 3. The highest BCUT2D eigenvalue weighted by Gasteiger charge is 2.23. The lowest BCUT2D eigenvalue weighted by Gasteiger charge is -2.35. The van der Waals surface area contributed by atoms with Crippen molar-refractivity contribution in [3.8, 4) is 0 Å². The molecule has 1 aromatic heterocycles. The minimum absolute atomic E-state index is 0.612. The quantitative estimate of drug-likeness (QED) is 0.887. The highest BCUT2D eigenvalue weighted by Crippen LogP contribution is 2.24. The highest BCUT2D eigenvalue weighted by molar-refractivity contribution is 5.40. The summed E-state index contributed by atoms with van der Waals surface area (Å²) in [6.07, 6.45) is 2.48. The van der Waals surface area contributed by atoms with Crippen molar-refractivity contribution < 1.29 is 0 Å². The van der Waals surface area contributed by atoms with Crippen molar-refractivity contribution in [1.29, 1.82) is 0 Å². The Morgan fingerprint density at radius 3 is 2.50 bits per heavy atom.